The largest absolute Gasteiger partial charge is 0.388 e. The Morgan fingerprint density at radius 2 is 2.15 bits per heavy atom. The van der Waals surface area contributed by atoms with Gasteiger partial charge in [0.15, 0.2) is 0 Å². The normalized spacial score (nSPS) is 14.2. The number of pyridine rings is 1. The van der Waals surface area contributed by atoms with Crippen LogP contribution in [-0.4, -0.2) is 20.0 Å². The molecule has 1 aromatic rings. The molecule has 13 heavy (non-hydrogen) atoms. The molecule has 1 N–H and O–H groups in total. The highest BCUT2D eigenvalue weighted by molar-refractivity contribution is 6.68. The highest BCUT2D eigenvalue weighted by atomic mass is 35.6. The van der Waals surface area contributed by atoms with Crippen LogP contribution in [-0.2, 0) is 6.42 Å². The van der Waals surface area contributed by atoms with E-state index in [2.05, 4.69) is 4.98 Å². The molecule has 1 aromatic heterocycles. The molecule has 5 heteroatoms. The van der Waals surface area contributed by atoms with Crippen molar-refractivity contribution in [3.05, 3.63) is 30.1 Å². The van der Waals surface area contributed by atoms with Gasteiger partial charge < -0.3 is 5.11 Å². The molecule has 1 heterocycles. The van der Waals surface area contributed by atoms with E-state index in [9.17, 15) is 5.11 Å². The molecule has 0 aliphatic heterocycles. The van der Waals surface area contributed by atoms with Gasteiger partial charge in [-0.1, -0.05) is 40.9 Å². The monoisotopic (exact) mass is 239 g/mol. The standard InChI is InChI=1S/C8H8Cl3NO/c9-8(10,11)7(13)4-6-2-1-3-12-5-6/h1-3,5,7,13H,4H2/t7-/m0/s1. The van der Waals surface area contributed by atoms with Crippen LogP contribution in [0.1, 0.15) is 5.56 Å². The van der Waals surface area contributed by atoms with Crippen LogP contribution in [0, 0.1) is 0 Å². The van der Waals surface area contributed by atoms with Gasteiger partial charge in [0.25, 0.3) is 0 Å². The van der Waals surface area contributed by atoms with Crippen LogP contribution >= 0.6 is 34.8 Å². The number of aromatic nitrogens is 1. The number of aliphatic hydroxyl groups is 1. The molecule has 72 valence electrons. The second-order valence-corrected chi connectivity index (χ2v) is 4.99. The van der Waals surface area contributed by atoms with Crippen molar-refractivity contribution in [2.45, 2.75) is 16.3 Å². The third-order valence-corrected chi connectivity index (χ3v) is 2.29. The summed E-state index contributed by atoms with van der Waals surface area (Å²) in [5.74, 6) is 0. The van der Waals surface area contributed by atoms with Crippen molar-refractivity contribution in [1.82, 2.24) is 4.98 Å². The molecule has 0 amide bonds. The highest BCUT2D eigenvalue weighted by Gasteiger charge is 2.30. The first-order valence-corrected chi connectivity index (χ1v) is 4.77. The molecule has 1 rings (SSSR count). The van der Waals surface area contributed by atoms with E-state index in [1.165, 1.54) is 0 Å². The average Bonchev–Trinajstić information content (AvgIpc) is 2.04. The van der Waals surface area contributed by atoms with E-state index in [1.807, 2.05) is 6.07 Å². The molecule has 0 bridgehead atoms. The van der Waals surface area contributed by atoms with E-state index in [0.29, 0.717) is 0 Å². The zero-order valence-electron chi connectivity index (χ0n) is 6.62. The quantitative estimate of drug-likeness (QED) is 0.805. The van der Waals surface area contributed by atoms with Gasteiger partial charge in [0.1, 0.15) is 6.10 Å². The second kappa shape index (κ2) is 4.47. The van der Waals surface area contributed by atoms with Gasteiger partial charge in [-0.2, -0.15) is 0 Å². The van der Waals surface area contributed by atoms with Crippen molar-refractivity contribution in [3.63, 3.8) is 0 Å². The molecule has 0 spiro atoms. The number of nitrogens with zero attached hydrogens (tertiary/aromatic N) is 1. The van der Waals surface area contributed by atoms with Crippen LogP contribution in [0.15, 0.2) is 24.5 Å². The summed E-state index contributed by atoms with van der Waals surface area (Å²) < 4.78 is -1.64. The lowest BCUT2D eigenvalue weighted by Crippen LogP contribution is -2.27. The first-order valence-electron chi connectivity index (χ1n) is 3.64. The molecule has 1 atom stereocenters. The Bertz CT molecular complexity index is 260. The smallest absolute Gasteiger partial charge is 0.216 e. The van der Waals surface area contributed by atoms with E-state index < -0.39 is 9.90 Å². The maximum Gasteiger partial charge on any atom is 0.216 e. The van der Waals surface area contributed by atoms with Crippen LogP contribution in [0.3, 0.4) is 0 Å². The SMILES string of the molecule is O[C@@H](Cc1cccnc1)C(Cl)(Cl)Cl. The van der Waals surface area contributed by atoms with Crippen molar-refractivity contribution in [1.29, 1.82) is 0 Å². The minimum atomic E-state index is -1.64. The third kappa shape index (κ3) is 3.69. The number of halogens is 3. The van der Waals surface area contributed by atoms with Crippen molar-refractivity contribution in [2.24, 2.45) is 0 Å². The fourth-order valence-corrected chi connectivity index (χ4v) is 1.09. The molecule has 0 radical (unpaired) electrons. The first kappa shape index (κ1) is 11.1. The summed E-state index contributed by atoms with van der Waals surface area (Å²) in [4.78, 5) is 3.88. The zero-order valence-corrected chi connectivity index (χ0v) is 8.89. The minimum Gasteiger partial charge on any atom is -0.388 e. The fourth-order valence-electron chi connectivity index (χ4n) is 0.858. The van der Waals surface area contributed by atoms with Gasteiger partial charge in [-0.05, 0) is 11.6 Å². The van der Waals surface area contributed by atoms with E-state index in [1.54, 1.807) is 18.5 Å². The average molecular weight is 241 g/mol. The number of rotatable bonds is 2. The molecule has 0 saturated heterocycles. The lowest BCUT2D eigenvalue weighted by Gasteiger charge is -2.18. The van der Waals surface area contributed by atoms with Crippen LogP contribution in [0.2, 0.25) is 0 Å². The van der Waals surface area contributed by atoms with Crippen molar-refractivity contribution >= 4 is 34.8 Å². The van der Waals surface area contributed by atoms with E-state index in [4.69, 9.17) is 34.8 Å². The van der Waals surface area contributed by atoms with E-state index in [0.717, 1.165) is 5.56 Å². The van der Waals surface area contributed by atoms with Gasteiger partial charge >= 0.3 is 0 Å². The predicted octanol–water partition coefficient (Wildman–Crippen LogP) is 2.36. The first-order chi connectivity index (χ1) is 6.00. The predicted molar refractivity (Wildman–Crippen MR) is 54.2 cm³/mol. The molecular weight excluding hydrogens is 232 g/mol. The summed E-state index contributed by atoms with van der Waals surface area (Å²) in [6.07, 6.45) is 2.54. The summed E-state index contributed by atoms with van der Waals surface area (Å²) in [6, 6.07) is 3.58. The van der Waals surface area contributed by atoms with Gasteiger partial charge in [0.2, 0.25) is 3.79 Å². The molecule has 0 aromatic carbocycles. The lowest BCUT2D eigenvalue weighted by molar-refractivity contribution is 0.179. The fraction of sp³-hybridized carbons (Fsp3) is 0.375. The van der Waals surface area contributed by atoms with Crippen LogP contribution in [0.5, 0.6) is 0 Å². The molecular formula is C8H8Cl3NO. The number of hydrogen-bond donors (Lipinski definition) is 1. The summed E-state index contributed by atoms with van der Waals surface area (Å²) in [6.45, 7) is 0. The number of alkyl halides is 3. The molecule has 0 fully saturated rings. The molecule has 0 aliphatic carbocycles. The molecule has 0 saturated carbocycles. The summed E-state index contributed by atoms with van der Waals surface area (Å²) in [5, 5.41) is 9.42. The minimum absolute atomic E-state index is 0.282. The summed E-state index contributed by atoms with van der Waals surface area (Å²) >= 11 is 16.5. The third-order valence-electron chi connectivity index (χ3n) is 1.53. The van der Waals surface area contributed by atoms with Crippen LogP contribution in [0.25, 0.3) is 0 Å². The van der Waals surface area contributed by atoms with Gasteiger partial charge in [0.05, 0.1) is 0 Å². The Hall–Kier alpha value is -0.0200. The Morgan fingerprint density at radius 3 is 2.62 bits per heavy atom. The van der Waals surface area contributed by atoms with Gasteiger partial charge in [0, 0.05) is 18.8 Å². The molecule has 0 unspecified atom stereocenters. The van der Waals surface area contributed by atoms with Gasteiger partial charge in [-0.15, -0.1) is 0 Å². The maximum absolute atomic E-state index is 9.42. The highest BCUT2D eigenvalue weighted by Crippen LogP contribution is 2.31. The van der Waals surface area contributed by atoms with Gasteiger partial charge in [-0.3, -0.25) is 4.98 Å². The van der Waals surface area contributed by atoms with E-state index >= 15 is 0 Å². The summed E-state index contributed by atoms with van der Waals surface area (Å²) in [7, 11) is 0. The Kier molecular flexibility index (Phi) is 3.80. The summed E-state index contributed by atoms with van der Waals surface area (Å²) in [5.41, 5.74) is 0.835. The Labute approximate surface area is 91.4 Å². The van der Waals surface area contributed by atoms with Crippen LogP contribution in [0.4, 0.5) is 0 Å². The van der Waals surface area contributed by atoms with Crippen molar-refractivity contribution in [2.75, 3.05) is 0 Å². The lowest BCUT2D eigenvalue weighted by atomic mass is 10.1. The molecule has 2 nitrogen and oxygen atoms in total. The Morgan fingerprint density at radius 1 is 1.46 bits per heavy atom. The van der Waals surface area contributed by atoms with Crippen molar-refractivity contribution in [3.8, 4) is 0 Å². The number of aliphatic hydroxyl groups excluding tert-OH is 1. The van der Waals surface area contributed by atoms with Crippen molar-refractivity contribution < 1.29 is 5.11 Å². The van der Waals surface area contributed by atoms with Crippen LogP contribution < -0.4 is 0 Å². The van der Waals surface area contributed by atoms with E-state index in [-0.39, 0.29) is 6.42 Å². The maximum atomic E-state index is 9.42. The topological polar surface area (TPSA) is 33.1 Å². The second-order valence-electron chi connectivity index (χ2n) is 2.62. The van der Waals surface area contributed by atoms with Gasteiger partial charge in [-0.25, -0.2) is 0 Å². The zero-order chi connectivity index (χ0) is 9.90. The number of hydrogen-bond acceptors (Lipinski definition) is 2. The molecule has 0 aliphatic rings. The Balaban J connectivity index is 2.61.